The minimum absolute atomic E-state index is 0.0699. The summed E-state index contributed by atoms with van der Waals surface area (Å²) in [5.41, 5.74) is 2.06. The minimum Gasteiger partial charge on any atom is -0.342 e. The Balaban J connectivity index is 2.08. The molecule has 1 saturated heterocycles. The third kappa shape index (κ3) is 3.67. The van der Waals surface area contributed by atoms with Crippen LogP contribution in [0.1, 0.15) is 38.7 Å². The Morgan fingerprint density at radius 2 is 2.14 bits per heavy atom. The molecule has 1 heterocycles. The van der Waals surface area contributed by atoms with Gasteiger partial charge in [0, 0.05) is 31.7 Å². The number of likely N-dealkylation sites (tertiary alicyclic amines) is 1. The zero-order valence-corrected chi connectivity index (χ0v) is 13.8. The number of anilines is 1. The van der Waals surface area contributed by atoms with Gasteiger partial charge in [0.25, 0.3) is 0 Å². The van der Waals surface area contributed by atoms with Crippen LogP contribution in [0.25, 0.3) is 0 Å². The lowest BCUT2D eigenvalue weighted by Gasteiger charge is -2.24. The van der Waals surface area contributed by atoms with Crippen LogP contribution in [0, 0.1) is 12.8 Å². The molecule has 1 aromatic rings. The van der Waals surface area contributed by atoms with Crippen LogP contribution in [-0.2, 0) is 9.59 Å². The molecule has 0 aromatic heterocycles. The molecule has 0 spiro atoms. The van der Waals surface area contributed by atoms with Crippen LogP contribution in [0.3, 0.4) is 0 Å². The van der Waals surface area contributed by atoms with E-state index in [4.69, 9.17) is 0 Å². The SMILES string of the molecule is CCCCN1C[C@@H](C(=O)N(CC)c2cccc(C)c2)CC1=O. The zero-order valence-electron chi connectivity index (χ0n) is 13.8. The lowest BCUT2D eigenvalue weighted by molar-refractivity contribution is -0.128. The molecule has 0 N–H and O–H groups in total. The number of hydrogen-bond acceptors (Lipinski definition) is 2. The van der Waals surface area contributed by atoms with Crippen LogP contribution in [0.5, 0.6) is 0 Å². The van der Waals surface area contributed by atoms with Crippen molar-refractivity contribution in [1.82, 2.24) is 4.90 Å². The average molecular weight is 302 g/mol. The second kappa shape index (κ2) is 7.43. The van der Waals surface area contributed by atoms with E-state index in [2.05, 4.69) is 6.92 Å². The molecule has 0 saturated carbocycles. The molecular weight excluding hydrogens is 276 g/mol. The van der Waals surface area contributed by atoms with Crippen molar-refractivity contribution in [2.24, 2.45) is 5.92 Å². The Kier molecular flexibility index (Phi) is 5.58. The summed E-state index contributed by atoms with van der Waals surface area (Å²) >= 11 is 0. The highest BCUT2D eigenvalue weighted by molar-refractivity contribution is 5.99. The fourth-order valence-electron chi connectivity index (χ4n) is 2.98. The minimum atomic E-state index is -0.204. The van der Waals surface area contributed by atoms with Gasteiger partial charge in [-0.05, 0) is 38.0 Å². The van der Waals surface area contributed by atoms with Crippen molar-refractivity contribution < 1.29 is 9.59 Å². The lowest BCUT2D eigenvalue weighted by Crippen LogP contribution is -2.37. The fraction of sp³-hybridized carbons (Fsp3) is 0.556. The Morgan fingerprint density at radius 1 is 1.36 bits per heavy atom. The van der Waals surface area contributed by atoms with Crippen molar-refractivity contribution >= 4 is 17.5 Å². The van der Waals surface area contributed by atoms with Crippen molar-refractivity contribution in [3.05, 3.63) is 29.8 Å². The van der Waals surface area contributed by atoms with E-state index in [9.17, 15) is 9.59 Å². The molecule has 2 amide bonds. The molecule has 0 unspecified atom stereocenters. The summed E-state index contributed by atoms with van der Waals surface area (Å²) in [6.07, 6.45) is 2.42. The third-order valence-electron chi connectivity index (χ3n) is 4.24. The number of aryl methyl sites for hydroxylation is 1. The monoisotopic (exact) mass is 302 g/mol. The third-order valence-corrected chi connectivity index (χ3v) is 4.24. The molecule has 1 aromatic carbocycles. The fourth-order valence-corrected chi connectivity index (χ4v) is 2.98. The largest absolute Gasteiger partial charge is 0.342 e. The maximum absolute atomic E-state index is 12.8. The number of nitrogens with zero attached hydrogens (tertiary/aromatic N) is 2. The van der Waals surface area contributed by atoms with Gasteiger partial charge in [-0.3, -0.25) is 9.59 Å². The van der Waals surface area contributed by atoms with E-state index < -0.39 is 0 Å². The van der Waals surface area contributed by atoms with E-state index in [-0.39, 0.29) is 17.7 Å². The van der Waals surface area contributed by atoms with Gasteiger partial charge in [0.2, 0.25) is 11.8 Å². The quantitative estimate of drug-likeness (QED) is 0.810. The van der Waals surface area contributed by atoms with E-state index in [1.165, 1.54) is 0 Å². The highest BCUT2D eigenvalue weighted by Gasteiger charge is 2.36. The lowest BCUT2D eigenvalue weighted by atomic mass is 10.1. The van der Waals surface area contributed by atoms with Gasteiger partial charge in [-0.15, -0.1) is 0 Å². The van der Waals surface area contributed by atoms with Gasteiger partial charge in [-0.2, -0.15) is 0 Å². The Labute approximate surface area is 133 Å². The predicted molar refractivity (Wildman–Crippen MR) is 88.8 cm³/mol. The summed E-state index contributed by atoms with van der Waals surface area (Å²) in [7, 11) is 0. The summed E-state index contributed by atoms with van der Waals surface area (Å²) in [5.74, 6) is -0.0163. The van der Waals surface area contributed by atoms with Crippen molar-refractivity contribution in [3.63, 3.8) is 0 Å². The number of carbonyl (C=O) groups is 2. The average Bonchev–Trinajstić information content (AvgIpc) is 2.87. The van der Waals surface area contributed by atoms with Crippen molar-refractivity contribution in [2.45, 2.75) is 40.0 Å². The van der Waals surface area contributed by atoms with Gasteiger partial charge in [0.15, 0.2) is 0 Å². The van der Waals surface area contributed by atoms with E-state index >= 15 is 0 Å². The first-order valence-corrected chi connectivity index (χ1v) is 8.22. The molecule has 4 nitrogen and oxygen atoms in total. The molecular formula is C18H26N2O2. The van der Waals surface area contributed by atoms with Gasteiger partial charge < -0.3 is 9.80 Å². The number of hydrogen-bond donors (Lipinski definition) is 0. The Hall–Kier alpha value is -1.84. The van der Waals surface area contributed by atoms with Crippen LogP contribution in [-0.4, -0.2) is 36.3 Å². The van der Waals surface area contributed by atoms with Crippen LogP contribution in [0.4, 0.5) is 5.69 Å². The summed E-state index contributed by atoms with van der Waals surface area (Å²) in [4.78, 5) is 28.5. The van der Waals surface area contributed by atoms with Crippen LogP contribution >= 0.6 is 0 Å². The molecule has 2 rings (SSSR count). The summed E-state index contributed by atoms with van der Waals surface area (Å²) in [5, 5.41) is 0. The molecule has 0 radical (unpaired) electrons. The number of amides is 2. The summed E-state index contributed by atoms with van der Waals surface area (Å²) in [6, 6.07) is 7.97. The Morgan fingerprint density at radius 3 is 2.77 bits per heavy atom. The number of unbranched alkanes of at least 4 members (excludes halogenated alkanes) is 1. The molecule has 1 atom stereocenters. The zero-order chi connectivity index (χ0) is 16.1. The van der Waals surface area contributed by atoms with Gasteiger partial charge >= 0.3 is 0 Å². The topological polar surface area (TPSA) is 40.6 Å². The smallest absolute Gasteiger partial charge is 0.232 e. The number of carbonyl (C=O) groups excluding carboxylic acids is 2. The molecule has 0 bridgehead atoms. The molecule has 1 fully saturated rings. The highest BCUT2D eigenvalue weighted by atomic mass is 16.2. The standard InChI is InChI=1S/C18H26N2O2/c1-4-6-10-19-13-15(12-17(19)21)18(22)20(5-2)16-9-7-8-14(3)11-16/h7-9,11,15H,4-6,10,12-13H2,1-3H3/t15-/m0/s1. The van der Waals surface area contributed by atoms with Gasteiger partial charge in [-0.1, -0.05) is 25.5 Å². The van der Waals surface area contributed by atoms with Crippen LogP contribution in [0.2, 0.25) is 0 Å². The predicted octanol–water partition coefficient (Wildman–Crippen LogP) is 3.00. The highest BCUT2D eigenvalue weighted by Crippen LogP contribution is 2.24. The van der Waals surface area contributed by atoms with Gasteiger partial charge in [-0.25, -0.2) is 0 Å². The molecule has 22 heavy (non-hydrogen) atoms. The molecule has 120 valence electrons. The second-order valence-corrected chi connectivity index (χ2v) is 6.02. The van der Waals surface area contributed by atoms with Crippen molar-refractivity contribution in [2.75, 3.05) is 24.5 Å². The Bertz CT molecular complexity index is 542. The summed E-state index contributed by atoms with van der Waals surface area (Å²) < 4.78 is 0. The van der Waals surface area contributed by atoms with E-state index in [0.29, 0.717) is 19.5 Å². The van der Waals surface area contributed by atoms with Crippen LogP contribution in [0.15, 0.2) is 24.3 Å². The van der Waals surface area contributed by atoms with Crippen LogP contribution < -0.4 is 4.90 Å². The van der Waals surface area contributed by atoms with E-state index in [1.807, 2.05) is 43.0 Å². The van der Waals surface area contributed by atoms with Crippen molar-refractivity contribution in [3.8, 4) is 0 Å². The maximum atomic E-state index is 12.8. The second-order valence-electron chi connectivity index (χ2n) is 6.02. The first-order valence-electron chi connectivity index (χ1n) is 8.22. The van der Waals surface area contributed by atoms with E-state index in [1.54, 1.807) is 4.90 Å². The van der Waals surface area contributed by atoms with Gasteiger partial charge in [0.05, 0.1) is 5.92 Å². The first-order chi connectivity index (χ1) is 10.6. The number of rotatable bonds is 6. The number of benzene rings is 1. The molecule has 0 aliphatic carbocycles. The normalized spacial score (nSPS) is 17.9. The first kappa shape index (κ1) is 16.5. The van der Waals surface area contributed by atoms with E-state index in [0.717, 1.165) is 30.6 Å². The molecule has 4 heteroatoms. The molecule has 1 aliphatic rings. The maximum Gasteiger partial charge on any atom is 0.232 e. The molecule has 1 aliphatic heterocycles. The van der Waals surface area contributed by atoms with Gasteiger partial charge in [0.1, 0.15) is 0 Å². The summed E-state index contributed by atoms with van der Waals surface area (Å²) in [6.45, 7) is 8.08. The van der Waals surface area contributed by atoms with Crippen molar-refractivity contribution in [1.29, 1.82) is 0 Å².